The highest BCUT2D eigenvalue weighted by atomic mass is 15.0. The predicted molar refractivity (Wildman–Crippen MR) is 62.7 cm³/mol. The van der Waals surface area contributed by atoms with E-state index < -0.39 is 0 Å². The summed E-state index contributed by atoms with van der Waals surface area (Å²) in [6.07, 6.45) is 6.51. The number of benzene rings is 1. The van der Waals surface area contributed by atoms with Gasteiger partial charge in [-0.15, -0.1) is 0 Å². The smallest absolute Gasteiger partial charge is 0.0326 e. The van der Waals surface area contributed by atoms with Gasteiger partial charge in [0.15, 0.2) is 0 Å². The quantitative estimate of drug-likeness (QED) is 0.723. The molecule has 2 aliphatic rings. The molecule has 0 aliphatic heterocycles. The summed E-state index contributed by atoms with van der Waals surface area (Å²) >= 11 is 0. The number of fused-ring (bicyclic) bond motifs is 1. The van der Waals surface area contributed by atoms with Crippen LogP contribution in [-0.4, -0.2) is 6.04 Å². The van der Waals surface area contributed by atoms with Crippen LogP contribution in [0.5, 0.6) is 0 Å². The SMILES string of the molecule is Nc1ccc2c(c1)C(NC1CC1)CCC2. The molecule has 1 saturated carbocycles. The molecule has 1 unspecified atom stereocenters. The van der Waals surface area contributed by atoms with Crippen molar-refractivity contribution < 1.29 is 0 Å². The summed E-state index contributed by atoms with van der Waals surface area (Å²) in [6, 6.07) is 7.73. The molecule has 0 amide bonds. The van der Waals surface area contributed by atoms with Crippen molar-refractivity contribution in [2.24, 2.45) is 0 Å². The number of hydrogen-bond acceptors (Lipinski definition) is 2. The van der Waals surface area contributed by atoms with Crippen LogP contribution < -0.4 is 11.1 Å². The summed E-state index contributed by atoms with van der Waals surface area (Å²) in [4.78, 5) is 0. The van der Waals surface area contributed by atoms with Gasteiger partial charge in [-0.25, -0.2) is 0 Å². The number of nitrogen functional groups attached to an aromatic ring is 1. The summed E-state index contributed by atoms with van der Waals surface area (Å²) in [5, 5.41) is 3.72. The third-order valence-corrected chi connectivity index (χ3v) is 3.50. The predicted octanol–water partition coefficient (Wildman–Crippen LogP) is 2.40. The Bertz CT molecular complexity index is 369. The Hall–Kier alpha value is -1.02. The van der Waals surface area contributed by atoms with E-state index >= 15 is 0 Å². The molecule has 2 heteroatoms. The fraction of sp³-hybridized carbons (Fsp3) is 0.538. The van der Waals surface area contributed by atoms with E-state index in [9.17, 15) is 0 Å². The van der Waals surface area contributed by atoms with Gasteiger partial charge in [0, 0.05) is 17.8 Å². The summed E-state index contributed by atoms with van der Waals surface area (Å²) in [7, 11) is 0. The van der Waals surface area contributed by atoms with Gasteiger partial charge in [0.2, 0.25) is 0 Å². The molecule has 0 aromatic heterocycles. The van der Waals surface area contributed by atoms with E-state index in [1.54, 1.807) is 0 Å². The molecule has 15 heavy (non-hydrogen) atoms. The molecule has 1 fully saturated rings. The molecule has 0 heterocycles. The molecule has 0 saturated heterocycles. The monoisotopic (exact) mass is 202 g/mol. The minimum atomic E-state index is 0.560. The molecule has 80 valence electrons. The molecule has 3 N–H and O–H groups in total. The Kier molecular flexibility index (Phi) is 2.17. The van der Waals surface area contributed by atoms with Crippen molar-refractivity contribution in [2.45, 2.75) is 44.2 Å². The summed E-state index contributed by atoms with van der Waals surface area (Å²) < 4.78 is 0. The van der Waals surface area contributed by atoms with Crippen LogP contribution in [0, 0.1) is 0 Å². The first kappa shape index (κ1) is 9.22. The van der Waals surface area contributed by atoms with Gasteiger partial charge in [-0.3, -0.25) is 0 Å². The normalized spacial score (nSPS) is 24.9. The standard InChI is InChI=1S/C13H18N2/c14-10-5-4-9-2-1-3-13(12(9)8-10)15-11-6-7-11/h4-5,8,11,13,15H,1-3,6-7,14H2. The molecule has 1 aromatic rings. The van der Waals surface area contributed by atoms with Crippen molar-refractivity contribution in [1.82, 2.24) is 5.32 Å². The third-order valence-electron chi connectivity index (χ3n) is 3.50. The lowest BCUT2D eigenvalue weighted by molar-refractivity contribution is 0.457. The largest absolute Gasteiger partial charge is 0.399 e. The first-order chi connectivity index (χ1) is 7.33. The summed E-state index contributed by atoms with van der Waals surface area (Å²) in [5.41, 5.74) is 9.71. The average molecular weight is 202 g/mol. The molecule has 3 rings (SSSR count). The van der Waals surface area contributed by atoms with Crippen LogP contribution in [0.1, 0.15) is 42.9 Å². The molecule has 1 atom stereocenters. The van der Waals surface area contributed by atoms with E-state index in [1.807, 2.05) is 6.07 Å². The Morgan fingerprint density at radius 2 is 2.07 bits per heavy atom. The van der Waals surface area contributed by atoms with E-state index in [1.165, 1.54) is 43.2 Å². The minimum absolute atomic E-state index is 0.560. The number of rotatable bonds is 2. The average Bonchev–Trinajstić information content (AvgIpc) is 3.03. The summed E-state index contributed by atoms with van der Waals surface area (Å²) in [6.45, 7) is 0. The molecule has 0 radical (unpaired) electrons. The molecule has 2 aliphatic carbocycles. The van der Waals surface area contributed by atoms with Crippen LogP contribution in [0.25, 0.3) is 0 Å². The summed E-state index contributed by atoms with van der Waals surface area (Å²) in [5.74, 6) is 0. The van der Waals surface area contributed by atoms with E-state index in [0.717, 1.165) is 11.7 Å². The Morgan fingerprint density at radius 1 is 1.20 bits per heavy atom. The highest BCUT2D eigenvalue weighted by Crippen LogP contribution is 2.34. The van der Waals surface area contributed by atoms with Crippen LogP contribution >= 0.6 is 0 Å². The van der Waals surface area contributed by atoms with Gasteiger partial charge in [-0.05, 0) is 55.4 Å². The van der Waals surface area contributed by atoms with Gasteiger partial charge in [0.05, 0.1) is 0 Å². The highest BCUT2D eigenvalue weighted by Gasteiger charge is 2.27. The van der Waals surface area contributed by atoms with Crippen molar-refractivity contribution >= 4 is 5.69 Å². The van der Waals surface area contributed by atoms with Crippen molar-refractivity contribution in [3.05, 3.63) is 29.3 Å². The Balaban J connectivity index is 1.89. The second kappa shape index (κ2) is 3.53. The van der Waals surface area contributed by atoms with E-state index in [-0.39, 0.29) is 0 Å². The van der Waals surface area contributed by atoms with E-state index in [4.69, 9.17) is 5.73 Å². The maximum absolute atomic E-state index is 5.86. The van der Waals surface area contributed by atoms with Crippen LogP contribution in [0.2, 0.25) is 0 Å². The Labute approximate surface area is 90.9 Å². The zero-order chi connectivity index (χ0) is 10.3. The number of aryl methyl sites for hydroxylation is 1. The van der Waals surface area contributed by atoms with Gasteiger partial charge in [0.25, 0.3) is 0 Å². The first-order valence-corrected chi connectivity index (χ1v) is 5.97. The van der Waals surface area contributed by atoms with Gasteiger partial charge in [0.1, 0.15) is 0 Å². The van der Waals surface area contributed by atoms with Gasteiger partial charge in [-0.1, -0.05) is 6.07 Å². The van der Waals surface area contributed by atoms with Crippen LogP contribution in [0.15, 0.2) is 18.2 Å². The minimum Gasteiger partial charge on any atom is -0.399 e. The van der Waals surface area contributed by atoms with Crippen molar-refractivity contribution in [3.8, 4) is 0 Å². The fourth-order valence-corrected chi connectivity index (χ4v) is 2.53. The van der Waals surface area contributed by atoms with Crippen molar-refractivity contribution in [3.63, 3.8) is 0 Å². The molecular weight excluding hydrogens is 184 g/mol. The van der Waals surface area contributed by atoms with Crippen LogP contribution in [-0.2, 0) is 6.42 Å². The molecular formula is C13H18N2. The van der Waals surface area contributed by atoms with E-state index in [0.29, 0.717) is 6.04 Å². The van der Waals surface area contributed by atoms with Crippen LogP contribution in [0.3, 0.4) is 0 Å². The topological polar surface area (TPSA) is 38.0 Å². The number of nitrogens with two attached hydrogens (primary N) is 1. The van der Waals surface area contributed by atoms with Gasteiger partial charge in [-0.2, -0.15) is 0 Å². The van der Waals surface area contributed by atoms with Crippen LogP contribution in [0.4, 0.5) is 5.69 Å². The van der Waals surface area contributed by atoms with Crippen molar-refractivity contribution in [1.29, 1.82) is 0 Å². The first-order valence-electron chi connectivity index (χ1n) is 5.97. The number of hydrogen-bond donors (Lipinski definition) is 2. The zero-order valence-electron chi connectivity index (χ0n) is 9.00. The highest BCUT2D eigenvalue weighted by molar-refractivity contribution is 5.47. The second-order valence-corrected chi connectivity index (χ2v) is 4.84. The maximum Gasteiger partial charge on any atom is 0.0326 e. The lowest BCUT2D eigenvalue weighted by Crippen LogP contribution is -2.27. The van der Waals surface area contributed by atoms with Crippen molar-refractivity contribution in [2.75, 3.05) is 5.73 Å². The third kappa shape index (κ3) is 1.86. The fourth-order valence-electron chi connectivity index (χ4n) is 2.53. The lowest BCUT2D eigenvalue weighted by Gasteiger charge is -2.26. The maximum atomic E-state index is 5.86. The number of anilines is 1. The van der Waals surface area contributed by atoms with Gasteiger partial charge >= 0.3 is 0 Å². The van der Waals surface area contributed by atoms with Gasteiger partial charge < -0.3 is 11.1 Å². The number of nitrogens with one attached hydrogen (secondary N) is 1. The van der Waals surface area contributed by atoms with E-state index in [2.05, 4.69) is 17.4 Å². The zero-order valence-corrected chi connectivity index (χ0v) is 9.00. The molecule has 0 spiro atoms. The lowest BCUT2D eigenvalue weighted by atomic mass is 9.87. The molecule has 0 bridgehead atoms. The molecule has 1 aromatic carbocycles. The Morgan fingerprint density at radius 3 is 2.87 bits per heavy atom. The second-order valence-electron chi connectivity index (χ2n) is 4.84. The molecule has 2 nitrogen and oxygen atoms in total.